The summed E-state index contributed by atoms with van der Waals surface area (Å²) in [5.74, 6) is -0.411. The summed E-state index contributed by atoms with van der Waals surface area (Å²) in [6.07, 6.45) is 3.45. The number of carbonyl (C=O) groups is 2. The largest absolute Gasteiger partial charge is 0.374 e. The van der Waals surface area contributed by atoms with E-state index in [9.17, 15) is 9.59 Å². The molecule has 0 spiro atoms. The minimum Gasteiger partial charge on any atom is -0.374 e. The number of carbonyl (C=O) groups excluding carboxylic acids is 2. The van der Waals surface area contributed by atoms with E-state index >= 15 is 0 Å². The Kier molecular flexibility index (Phi) is 5.59. The van der Waals surface area contributed by atoms with Crippen LogP contribution >= 0.6 is 0 Å². The third-order valence-corrected chi connectivity index (χ3v) is 5.93. The van der Waals surface area contributed by atoms with Gasteiger partial charge in [0.1, 0.15) is 6.04 Å². The van der Waals surface area contributed by atoms with Crippen LogP contribution in [0.2, 0.25) is 0 Å². The minimum atomic E-state index is -0.338. The van der Waals surface area contributed by atoms with Gasteiger partial charge in [-0.3, -0.25) is 19.8 Å². The molecular weight excluding hydrogens is 342 g/mol. The summed E-state index contributed by atoms with van der Waals surface area (Å²) in [7, 11) is 0. The number of nitrogens with one attached hydrogen (secondary N) is 3. The highest BCUT2D eigenvalue weighted by Crippen LogP contribution is 2.24. The van der Waals surface area contributed by atoms with Crippen LogP contribution in [-0.4, -0.2) is 68.1 Å². The van der Waals surface area contributed by atoms with Crippen molar-refractivity contribution in [2.24, 2.45) is 0 Å². The molecular formula is C20H29N5O2. The van der Waals surface area contributed by atoms with E-state index in [1.54, 1.807) is 0 Å². The van der Waals surface area contributed by atoms with Crippen LogP contribution in [0.25, 0.3) is 0 Å². The second-order valence-corrected chi connectivity index (χ2v) is 7.70. The summed E-state index contributed by atoms with van der Waals surface area (Å²) < 4.78 is 0. The van der Waals surface area contributed by atoms with E-state index < -0.39 is 0 Å². The molecule has 146 valence electrons. The molecule has 3 aliphatic rings. The summed E-state index contributed by atoms with van der Waals surface area (Å²) in [4.78, 5) is 28.3. The predicted octanol–water partition coefficient (Wildman–Crippen LogP) is 0.778. The Hall–Kier alpha value is -2.12. The maximum absolute atomic E-state index is 12.0. The highest BCUT2D eigenvalue weighted by molar-refractivity contribution is 6.01. The molecule has 0 unspecified atom stereocenters. The van der Waals surface area contributed by atoms with Gasteiger partial charge in [0.15, 0.2) is 0 Å². The molecule has 0 radical (unpaired) electrons. The van der Waals surface area contributed by atoms with Crippen LogP contribution in [0.3, 0.4) is 0 Å². The van der Waals surface area contributed by atoms with Gasteiger partial charge in [0.2, 0.25) is 11.8 Å². The monoisotopic (exact) mass is 371 g/mol. The molecule has 3 aliphatic heterocycles. The number of benzene rings is 1. The smallest absolute Gasteiger partial charge is 0.249 e. The molecule has 7 heteroatoms. The van der Waals surface area contributed by atoms with Gasteiger partial charge < -0.3 is 15.5 Å². The van der Waals surface area contributed by atoms with E-state index in [2.05, 4.69) is 37.9 Å². The Morgan fingerprint density at radius 3 is 2.52 bits per heavy atom. The van der Waals surface area contributed by atoms with Crippen LogP contribution in [0.4, 0.5) is 11.4 Å². The Bertz CT molecular complexity index is 681. The van der Waals surface area contributed by atoms with Gasteiger partial charge in [0, 0.05) is 50.0 Å². The Morgan fingerprint density at radius 2 is 1.78 bits per heavy atom. The maximum atomic E-state index is 12.0. The van der Waals surface area contributed by atoms with E-state index in [0.717, 1.165) is 51.0 Å². The maximum Gasteiger partial charge on any atom is 0.249 e. The lowest BCUT2D eigenvalue weighted by molar-refractivity contribution is -0.133. The first-order valence-corrected chi connectivity index (χ1v) is 10.1. The third kappa shape index (κ3) is 4.42. The number of hydrogen-bond acceptors (Lipinski definition) is 6. The molecule has 7 nitrogen and oxygen atoms in total. The van der Waals surface area contributed by atoms with Crippen molar-refractivity contribution < 1.29 is 9.59 Å². The number of nitrogens with zero attached hydrogens (tertiary/aromatic N) is 2. The minimum absolute atomic E-state index is 0.182. The molecule has 3 fully saturated rings. The van der Waals surface area contributed by atoms with Crippen molar-refractivity contribution in [3.8, 4) is 0 Å². The van der Waals surface area contributed by atoms with E-state index in [1.807, 2.05) is 12.1 Å². The van der Waals surface area contributed by atoms with Crippen LogP contribution < -0.4 is 20.9 Å². The summed E-state index contributed by atoms with van der Waals surface area (Å²) in [5.41, 5.74) is 2.13. The topological polar surface area (TPSA) is 76.7 Å². The summed E-state index contributed by atoms with van der Waals surface area (Å²) in [6, 6.07) is 8.66. The van der Waals surface area contributed by atoms with Gasteiger partial charge >= 0.3 is 0 Å². The molecule has 27 heavy (non-hydrogen) atoms. The predicted molar refractivity (Wildman–Crippen MR) is 106 cm³/mol. The molecule has 0 saturated carbocycles. The number of hydrogen-bond donors (Lipinski definition) is 3. The lowest BCUT2D eigenvalue weighted by Crippen LogP contribution is -2.52. The number of piperidine rings is 2. The zero-order chi connectivity index (χ0) is 18.6. The van der Waals surface area contributed by atoms with Crippen molar-refractivity contribution in [1.82, 2.24) is 15.5 Å². The Labute approximate surface area is 160 Å². The second-order valence-electron chi connectivity index (χ2n) is 7.70. The van der Waals surface area contributed by atoms with E-state index in [-0.39, 0.29) is 17.9 Å². The quantitative estimate of drug-likeness (QED) is 0.679. The Balaban J connectivity index is 1.34. The van der Waals surface area contributed by atoms with Gasteiger partial charge in [-0.25, -0.2) is 0 Å². The number of imide groups is 1. The first kappa shape index (κ1) is 18.3. The zero-order valence-corrected chi connectivity index (χ0v) is 15.7. The van der Waals surface area contributed by atoms with Crippen molar-refractivity contribution in [3.63, 3.8) is 0 Å². The van der Waals surface area contributed by atoms with Gasteiger partial charge in [0.25, 0.3) is 0 Å². The van der Waals surface area contributed by atoms with Crippen LogP contribution in [0.15, 0.2) is 24.3 Å². The summed E-state index contributed by atoms with van der Waals surface area (Å²) in [6.45, 7) is 6.56. The number of piperazine rings is 1. The molecule has 3 saturated heterocycles. The highest BCUT2D eigenvalue weighted by atomic mass is 16.2. The molecule has 1 aromatic carbocycles. The molecule has 2 amide bonds. The lowest BCUT2D eigenvalue weighted by Gasteiger charge is -2.41. The molecule has 1 aromatic rings. The van der Waals surface area contributed by atoms with Crippen LogP contribution in [0.5, 0.6) is 0 Å². The molecule has 1 atom stereocenters. The van der Waals surface area contributed by atoms with Crippen LogP contribution in [0.1, 0.15) is 25.7 Å². The fraction of sp³-hybridized carbons (Fsp3) is 0.600. The fourth-order valence-electron chi connectivity index (χ4n) is 4.34. The van der Waals surface area contributed by atoms with Crippen LogP contribution in [0, 0.1) is 0 Å². The lowest BCUT2D eigenvalue weighted by atomic mass is 10.0. The van der Waals surface area contributed by atoms with E-state index in [0.29, 0.717) is 12.8 Å². The Morgan fingerprint density at radius 1 is 1.00 bits per heavy atom. The van der Waals surface area contributed by atoms with Crippen molar-refractivity contribution in [3.05, 3.63) is 24.3 Å². The highest BCUT2D eigenvalue weighted by Gasteiger charge is 2.27. The SMILES string of the molecule is O=C1CC[C@@H](Nc2cccc(N3CCN(C4CCNCC4)CC3)c2)C(=O)N1. The van der Waals surface area contributed by atoms with Crippen molar-refractivity contribution in [2.75, 3.05) is 49.5 Å². The molecule has 3 N–H and O–H groups in total. The number of rotatable bonds is 4. The normalized spacial score (nSPS) is 25.3. The number of anilines is 2. The first-order chi connectivity index (χ1) is 13.2. The van der Waals surface area contributed by atoms with Crippen molar-refractivity contribution in [2.45, 2.75) is 37.8 Å². The van der Waals surface area contributed by atoms with E-state index in [1.165, 1.54) is 18.5 Å². The van der Waals surface area contributed by atoms with Crippen molar-refractivity contribution in [1.29, 1.82) is 0 Å². The molecule has 0 aliphatic carbocycles. The van der Waals surface area contributed by atoms with Crippen molar-refractivity contribution >= 4 is 23.2 Å². The molecule has 0 bridgehead atoms. The molecule has 3 heterocycles. The van der Waals surface area contributed by atoms with E-state index in [4.69, 9.17) is 0 Å². The van der Waals surface area contributed by atoms with Gasteiger partial charge in [0.05, 0.1) is 0 Å². The van der Waals surface area contributed by atoms with Gasteiger partial charge in [-0.15, -0.1) is 0 Å². The summed E-state index contributed by atoms with van der Waals surface area (Å²) in [5, 5.41) is 9.13. The van der Waals surface area contributed by atoms with Gasteiger partial charge in [-0.05, 0) is 50.6 Å². The standard InChI is InChI=1S/C20H29N5O2/c26-19-5-4-18(20(27)23-19)22-15-2-1-3-17(14-15)25-12-10-24(11-13-25)16-6-8-21-9-7-16/h1-3,14,16,18,21-22H,4-13H2,(H,23,26,27)/t18-/m1/s1. The van der Waals surface area contributed by atoms with Gasteiger partial charge in [-0.2, -0.15) is 0 Å². The third-order valence-electron chi connectivity index (χ3n) is 5.93. The average Bonchev–Trinajstić information content (AvgIpc) is 2.71. The first-order valence-electron chi connectivity index (χ1n) is 10.1. The van der Waals surface area contributed by atoms with Gasteiger partial charge in [-0.1, -0.05) is 6.07 Å². The second kappa shape index (κ2) is 8.27. The fourth-order valence-corrected chi connectivity index (χ4v) is 4.34. The number of amides is 2. The zero-order valence-electron chi connectivity index (χ0n) is 15.7. The molecule has 0 aromatic heterocycles. The summed E-state index contributed by atoms with van der Waals surface area (Å²) >= 11 is 0. The average molecular weight is 371 g/mol. The molecule has 4 rings (SSSR count). The van der Waals surface area contributed by atoms with Crippen LogP contribution in [-0.2, 0) is 9.59 Å².